The van der Waals surface area contributed by atoms with Crippen LogP contribution in [0.25, 0.3) is 0 Å². The summed E-state index contributed by atoms with van der Waals surface area (Å²) in [5.41, 5.74) is 1.33. The molecule has 0 bridgehead atoms. The predicted molar refractivity (Wildman–Crippen MR) is 178 cm³/mol. The average molecular weight is 640 g/mol. The van der Waals surface area contributed by atoms with E-state index in [9.17, 15) is 24.3 Å². The largest absolute Gasteiger partial charge is 0.458 e. The summed E-state index contributed by atoms with van der Waals surface area (Å²) in [5.74, 6) is -1.81. The summed E-state index contributed by atoms with van der Waals surface area (Å²) in [7, 11) is 0. The summed E-state index contributed by atoms with van der Waals surface area (Å²) >= 11 is 0. The van der Waals surface area contributed by atoms with Crippen molar-refractivity contribution in [3.05, 3.63) is 70.8 Å². The van der Waals surface area contributed by atoms with Crippen LogP contribution in [0.2, 0.25) is 0 Å². The normalized spacial score (nSPS) is 13.7. The van der Waals surface area contributed by atoms with Crippen molar-refractivity contribution in [1.82, 2.24) is 15.5 Å². The number of carbonyl (C=O) groups excluding carboxylic acids is 4. The van der Waals surface area contributed by atoms with Gasteiger partial charge in [0, 0.05) is 13.0 Å². The third kappa shape index (κ3) is 12.5. The molecule has 0 fully saturated rings. The van der Waals surface area contributed by atoms with E-state index in [0.29, 0.717) is 5.56 Å². The van der Waals surface area contributed by atoms with Gasteiger partial charge in [-0.2, -0.15) is 0 Å². The van der Waals surface area contributed by atoms with Gasteiger partial charge in [0.05, 0.1) is 6.61 Å². The molecule has 0 aliphatic heterocycles. The number of hydrogen-bond donors (Lipinski definition) is 3. The van der Waals surface area contributed by atoms with Crippen molar-refractivity contribution >= 4 is 23.9 Å². The Morgan fingerprint density at radius 3 is 2.00 bits per heavy atom. The summed E-state index contributed by atoms with van der Waals surface area (Å²) < 4.78 is 11.1. The van der Waals surface area contributed by atoms with E-state index in [1.165, 1.54) is 4.90 Å². The van der Waals surface area contributed by atoms with Crippen LogP contribution in [-0.2, 0) is 30.3 Å². The first-order valence-corrected chi connectivity index (χ1v) is 15.9. The quantitative estimate of drug-likeness (QED) is 0.257. The zero-order chi connectivity index (χ0) is 34.8. The van der Waals surface area contributed by atoms with Gasteiger partial charge < -0.3 is 30.1 Å². The van der Waals surface area contributed by atoms with E-state index in [-0.39, 0.29) is 25.3 Å². The second-order valence-corrected chi connectivity index (χ2v) is 14.1. The Morgan fingerprint density at radius 1 is 0.848 bits per heavy atom. The molecule has 10 heteroatoms. The topological polar surface area (TPSA) is 134 Å². The highest BCUT2D eigenvalue weighted by Crippen LogP contribution is 2.28. The van der Waals surface area contributed by atoms with E-state index in [4.69, 9.17) is 9.47 Å². The summed E-state index contributed by atoms with van der Waals surface area (Å²) in [6, 6.07) is 11.5. The average Bonchev–Trinajstić information content (AvgIpc) is 2.92. The van der Waals surface area contributed by atoms with Gasteiger partial charge in [-0.15, -0.1) is 0 Å². The summed E-state index contributed by atoms with van der Waals surface area (Å²) in [6.45, 7) is 17.3. The Bertz CT molecular complexity index is 1330. The highest BCUT2D eigenvalue weighted by Gasteiger charge is 2.39. The second kappa shape index (κ2) is 16.6. The molecule has 2 aromatic carbocycles. The van der Waals surface area contributed by atoms with Gasteiger partial charge in [-0.05, 0) is 84.4 Å². The summed E-state index contributed by atoms with van der Waals surface area (Å²) in [4.78, 5) is 56.4. The number of nitrogens with zero attached hydrogens (tertiary/aromatic N) is 1. The maximum atomic E-state index is 14.4. The Balaban J connectivity index is 2.63. The molecule has 10 nitrogen and oxygen atoms in total. The number of aliphatic hydroxyl groups excluding tert-OH is 1. The molecule has 0 heterocycles. The number of aryl methyl sites for hydroxylation is 2. The molecular formula is C36H53N3O7. The Labute approximate surface area is 274 Å². The van der Waals surface area contributed by atoms with Crippen LogP contribution in [0.15, 0.2) is 48.5 Å². The molecule has 0 aromatic heterocycles. The molecule has 2 rings (SSSR count). The standard InChI is InChI=1S/C36H53N3O7/c1-23(2)20-28(38-34(44)46-36(8,9)10)32(42)39(18-19-40)30(27-21-24(3)16-17-25(27)4)31(41)37-29(33(43)45-35(5,6)7)22-26-14-12-11-13-15-26/h11-17,21,23,28-30,40H,18-20,22H2,1-10H3,(H,37,41)(H,38,44). The first-order chi connectivity index (χ1) is 21.3. The molecule has 0 aliphatic carbocycles. The highest BCUT2D eigenvalue weighted by atomic mass is 16.6. The minimum absolute atomic E-state index is 0.00438. The van der Waals surface area contributed by atoms with Gasteiger partial charge in [0.1, 0.15) is 29.3 Å². The smallest absolute Gasteiger partial charge is 0.408 e. The number of rotatable bonds is 13. The maximum Gasteiger partial charge on any atom is 0.408 e. The first-order valence-electron chi connectivity index (χ1n) is 15.9. The van der Waals surface area contributed by atoms with Gasteiger partial charge in [0.25, 0.3) is 0 Å². The van der Waals surface area contributed by atoms with Crippen LogP contribution in [0.3, 0.4) is 0 Å². The fourth-order valence-electron chi connectivity index (χ4n) is 4.99. The van der Waals surface area contributed by atoms with Crippen LogP contribution in [0.1, 0.15) is 90.1 Å². The molecule has 0 saturated carbocycles. The summed E-state index contributed by atoms with van der Waals surface area (Å²) in [5, 5.41) is 15.7. The number of aliphatic hydroxyl groups is 1. The number of alkyl carbamates (subject to hydrolysis) is 1. The lowest BCUT2D eigenvalue weighted by molar-refractivity contribution is -0.159. The number of hydrogen-bond acceptors (Lipinski definition) is 7. The van der Waals surface area contributed by atoms with Crippen molar-refractivity contribution in [2.45, 2.75) is 111 Å². The lowest BCUT2D eigenvalue weighted by Crippen LogP contribution is -2.56. The Hall–Kier alpha value is -3.92. The Kier molecular flexibility index (Phi) is 13.8. The molecule has 3 N–H and O–H groups in total. The molecule has 0 saturated heterocycles. The van der Waals surface area contributed by atoms with Crippen molar-refractivity contribution < 1.29 is 33.8 Å². The molecule has 3 amide bonds. The number of ether oxygens (including phenoxy) is 2. The van der Waals surface area contributed by atoms with Crippen molar-refractivity contribution in [3.63, 3.8) is 0 Å². The zero-order valence-electron chi connectivity index (χ0n) is 29.1. The second-order valence-electron chi connectivity index (χ2n) is 14.1. The number of nitrogens with one attached hydrogen (secondary N) is 2. The molecule has 0 spiro atoms. The van der Waals surface area contributed by atoms with Gasteiger partial charge in [-0.1, -0.05) is 67.9 Å². The number of esters is 1. The number of amides is 3. The molecule has 3 unspecified atom stereocenters. The van der Waals surface area contributed by atoms with E-state index < -0.39 is 59.8 Å². The van der Waals surface area contributed by atoms with Crippen LogP contribution >= 0.6 is 0 Å². The van der Waals surface area contributed by atoms with Crippen molar-refractivity contribution in [1.29, 1.82) is 0 Å². The van der Waals surface area contributed by atoms with Gasteiger partial charge >= 0.3 is 12.1 Å². The van der Waals surface area contributed by atoms with Crippen LogP contribution in [0.4, 0.5) is 4.79 Å². The molecule has 0 radical (unpaired) electrons. The van der Waals surface area contributed by atoms with Crippen LogP contribution in [0.5, 0.6) is 0 Å². The Morgan fingerprint density at radius 2 is 1.46 bits per heavy atom. The molecular weight excluding hydrogens is 586 g/mol. The monoisotopic (exact) mass is 639 g/mol. The lowest BCUT2D eigenvalue weighted by Gasteiger charge is -2.36. The van der Waals surface area contributed by atoms with E-state index >= 15 is 0 Å². The molecule has 2 aromatic rings. The summed E-state index contributed by atoms with van der Waals surface area (Å²) in [6.07, 6.45) is -0.350. The van der Waals surface area contributed by atoms with E-state index in [1.54, 1.807) is 41.5 Å². The number of benzene rings is 2. The van der Waals surface area contributed by atoms with Crippen molar-refractivity contribution in [3.8, 4) is 0 Å². The van der Waals surface area contributed by atoms with Gasteiger partial charge in [0.15, 0.2) is 0 Å². The van der Waals surface area contributed by atoms with E-state index in [1.807, 2.05) is 76.2 Å². The van der Waals surface area contributed by atoms with Gasteiger partial charge in [0.2, 0.25) is 11.8 Å². The minimum atomic E-state index is -1.24. The molecule has 0 aliphatic rings. The van der Waals surface area contributed by atoms with Crippen LogP contribution in [-0.4, -0.2) is 70.3 Å². The highest BCUT2D eigenvalue weighted by molar-refractivity contribution is 5.94. The third-order valence-electron chi connectivity index (χ3n) is 6.90. The molecule has 46 heavy (non-hydrogen) atoms. The molecule has 254 valence electrons. The molecule has 3 atom stereocenters. The van der Waals surface area contributed by atoms with Gasteiger partial charge in [-0.3, -0.25) is 9.59 Å². The zero-order valence-corrected chi connectivity index (χ0v) is 29.1. The SMILES string of the molecule is Cc1ccc(C)c(C(C(=O)NC(Cc2ccccc2)C(=O)OC(C)(C)C)N(CCO)C(=O)C(CC(C)C)NC(=O)OC(C)(C)C)c1. The lowest BCUT2D eigenvalue weighted by atomic mass is 9.94. The first kappa shape index (κ1) is 38.3. The van der Waals surface area contributed by atoms with Crippen LogP contribution < -0.4 is 10.6 Å². The predicted octanol–water partition coefficient (Wildman–Crippen LogP) is 5.17. The minimum Gasteiger partial charge on any atom is -0.458 e. The van der Waals surface area contributed by atoms with Crippen LogP contribution in [0, 0.1) is 19.8 Å². The van der Waals surface area contributed by atoms with Crippen molar-refractivity contribution in [2.75, 3.05) is 13.2 Å². The maximum absolute atomic E-state index is 14.4. The van der Waals surface area contributed by atoms with E-state index in [0.717, 1.165) is 16.7 Å². The fraction of sp³-hybridized carbons (Fsp3) is 0.556. The van der Waals surface area contributed by atoms with Crippen molar-refractivity contribution in [2.24, 2.45) is 5.92 Å². The number of carbonyl (C=O) groups is 4. The third-order valence-corrected chi connectivity index (χ3v) is 6.90. The van der Waals surface area contributed by atoms with E-state index in [2.05, 4.69) is 10.6 Å². The van der Waals surface area contributed by atoms with Gasteiger partial charge in [-0.25, -0.2) is 9.59 Å². The fourth-order valence-corrected chi connectivity index (χ4v) is 4.99.